The Labute approximate surface area is 110 Å². The van der Waals surface area contributed by atoms with Crippen molar-refractivity contribution >= 4 is 5.97 Å². The number of hydrogen-bond acceptors (Lipinski definition) is 4. The Kier molecular flexibility index (Phi) is 4.28. The van der Waals surface area contributed by atoms with Gasteiger partial charge in [0.2, 0.25) is 0 Å². The summed E-state index contributed by atoms with van der Waals surface area (Å²) < 4.78 is 5.04. The summed E-state index contributed by atoms with van der Waals surface area (Å²) in [5.41, 5.74) is 0.201. The molecule has 4 heteroatoms. The van der Waals surface area contributed by atoms with Crippen LogP contribution in [0.5, 0.6) is 0 Å². The molecule has 0 aromatic carbocycles. The average Bonchev–Trinajstić information content (AvgIpc) is 2.73. The number of carbonyl (C=O) groups excluding carboxylic acids is 1. The minimum atomic E-state index is -0.0127. The van der Waals surface area contributed by atoms with Crippen LogP contribution in [0.1, 0.15) is 40.0 Å². The first kappa shape index (κ1) is 13.8. The van der Waals surface area contributed by atoms with Gasteiger partial charge in [-0.25, -0.2) is 0 Å². The SMILES string of the molecule is CC(C)(C)NCC1CCN(C2CCOC2=O)CC1. The van der Waals surface area contributed by atoms with Gasteiger partial charge in [0.15, 0.2) is 0 Å². The van der Waals surface area contributed by atoms with E-state index in [0.717, 1.165) is 32.0 Å². The van der Waals surface area contributed by atoms with Crippen molar-refractivity contribution in [2.75, 3.05) is 26.2 Å². The van der Waals surface area contributed by atoms with Crippen molar-refractivity contribution in [3.63, 3.8) is 0 Å². The third-order valence-corrected chi connectivity index (χ3v) is 3.92. The molecule has 2 rings (SSSR count). The van der Waals surface area contributed by atoms with E-state index in [2.05, 4.69) is 31.0 Å². The Morgan fingerprint density at radius 1 is 1.28 bits per heavy atom. The van der Waals surface area contributed by atoms with Gasteiger partial charge >= 0.3 is 5.97 Å². The summed E-state index contributed by atoms with van der Waals surface area (Å²) in [6, 6.07) is 0.0431. The lowest BCUT2D eigenvalue weighted by molar-refractivity contribution is -0.142. The molecule has 1 unspecified atom stereocenters. The number of nitrogens with zero attached hydrogens (tertiary/aromatic N) is 1. The zero-order chi connectivity index (χ0) is 13.2. The lowest BCUT2D eigenvalue weighted by atomic mass is 9.94. The average molecular weight is 254 g/mol. The van der Waals surface area contributed by atoms with Crippen molar-refractivity contribution in [3.8, 4) is 0 Å². The molecule has 0 radical (unpaired) electrons. The van der Waals surface area contributed by atoms with Crippen molar-refractivity contribution in [1.82, 2.24) is 10.2 Å². The predicted octanol–water partition coefficient (Wildman–Crippen LogP) is 1.40. The van der Waals surface area contributed by atoms with Gasteiger partial charge in [0.25, 0.3) is 0 Å². The van der Waals surface area contributed by atoms with E-state index in [1.807, 2.05) is 0 Å². The lowest BCUT2D eigenvalue weighted by Gasteiger charge is -2.35. The first-order chi connectivity index (χ1) is 8.46. The van der Waals surface area contributed by atoms with Crippen LogP contribution in [-0.2, 0) is 9.53 Å². The van der Waals surface area contributed by atoms with Gasteiger partial charge in [0, 0.05) is 12.0 Å². The fraction of sp³-hybridized carbons (Fsp3) is 0.929. The highest BCUT2D eigenvalue weighted by Gasteiger charge is 2.34. The van der Waals surface area contributed by atoms with Crippen molar-refractivity contribution < 1.29 is 9.53 Å². The quantitative estimate of drug-likeness (QED) is 0.773. The van der Waals surface area contributed by atoms with Crippen molar-refractivity contribution in [3.05, 3.63) is 0 Å². The monoisotopic (exact) mass is 254 g/mol. The molecule has 18 heavy (non-hydrogen) atoms. The topological polar surface area (TPSA) is 41.6 Å². The van der Waals surface area contributed by atoms with Gasteiger partial charge in [-0.2, -0.15) is 0 Å². The third-order valence-electron chi connectivity index (χ3n) is 3.92. The molecular weight excluding hydrogens is 228 g/mol. The maximum atomic E-state index is 11.5. The molecule has 2 heterocycles. The summed E-state index contributed by atoms with van der Waals surface area (Å²) in [5.74, 6) is 0.735. The number of nitrogens with one attached hydrogen (secondary N) is 1. The van der Waals surface area contributed by atoms with E-state index in [9.17, 15) is 4.79 Å². The van der Waals surface area contributed by atoms with Crippen LogP contribution in [0, 0.1) is 5.92 Å². The molecule has 0 aliphatic carbocycles. The fourth-order valence-corrected chi connectivity index (χ4v) is 2.74. The van der Waals surface area contributed by atoms with Gasteiger partial charge in [-0.15, -0.1) is 0 Å². The van der Waals surface area contributed by atoms with Crippen LogP contribution in [0.3, 0.4) is 0 Å². The van der Waals surface area contributed by atoms with Gasteiger partial charge in [-0.3, -0.25) is 9.69 Å². The number of carbonyl (C=O) groups is 1. The van der Waals surface area contributed by atoms with Crippen LogP contribution in [0.2, 0.25) is 0 Å². The summed E-state index contributed by atoms with van der Waals surface area (Å²) in [6.07, 6.45) is 3.25. The van der Waals surface area contributed by atoms with Gasteiger partial charge < -0.3 is 10.1 Å². The number of hydrogen-bond donors (Lipinski definition) is 1. The van der Waals surface area contributed by atoms with E-state index in [1.54, 1.807) is 0 Å². The van der Waals surface area contributed by atoms with Crippen molar-refractivity contribution in [2.45, 2.75) is 51.6 Å². The molecule has 0 aromatic heterocycles. The zero-order valence-corrected chi connectivity index (χ0v) is 11.9. The molecule has 0 amide bonds. The summed E-state index contributed by atoms with van der Waals surface area (Å²) in [5, 5.41) is 3.57. The number of rotatable bonds is 3. The van der Waals surface area contributed by atoms with E-state index >= 15 is 0 Å². The van der Waals surface area contributed by atoms with Gasteiger partial charge in [-0.05, 0) is 59.2 Å². The van der Waals surface area contributed by atoms with E-state index in [0.29, 0.717) is 6.61 Å². The minimum absolute atomic E-state index is 0.0127. The largest absolute Gasteiger partial charge is 0.464 e. The maximum Gasteiger partial charge on any atom is 0.323 e. The Morgan fingerprint density at radius 3 is 2.44 bits per heavy atom. The molecule has 4 nitrogen and oxygen atoms in total. The second-order valence-corrected chi connectivity index (χ2v) is 6.58. The number of piperidine rings is 1. The highest BCUT2D eigenvalue weighted by Crippen LogP contribution is 2.23. The van der Waals surface area contributed by atoms with E-state index in [-0.39, 0.29) is 17.6 Å². The smallest absolute Gasteiger partial charge is 0.323 e. The molecule has 2 aliphatic heterocycles. The van der Waals surface area contributed by atoms with Gasteiger partial charge in [-0.1, -0.05) is 0 Å². The van der Waals surface area contributed by atoms with Gasteiger partial charge in [0.1, 0.15) is 6.04 Å². The second-order valence-electron chi connectivity index (χ2n) is 6.58. The minimum Gasteiger partial charge on any atom is -0.464 e. The molecule has 0 spiro atoms. The van der Waals surface area contributed by atoms with E-state index in [4.69, 9.17) is 4.74 Å². The van der Waals surface area contributed by atoms with Crippen molar-refractivity contribution in [2.24, 2.45) is 5.92 Å². The Morgan fingerprint density at radius 2 is 1.94 bits per heavy atom. The molecule has 0 aromatic rings. The standard InChI is InChI=1S/C14H26N2O2/c1-14(2,3)15-10-11-4-7-16(8-5-11)12-6-9-18-13(12)17/h11-12,15H,4-10H2,1-3H3. The maximum absolute atomic E-state index is 11.5. The summed E-state index contributed by atoms with van der Waals surface area (Å²) in [7, 11) is 0. The molecule has 2 aliphatic rings. The Hall–Kier alpha value is -0.610. The number of cyclic esters (lactones) is 1. The molecule has 1 atom stereocenters. The first-order valence-corrected chi connectivity index (χ1v) is 7.11. The second kappa shape index (κ2) is 5.57. The lowest BCUT2D eigenvalue weighted by Crippen LogP contribution is -2.46. The van der Waals surface area contributed by atoms with E-state index in [1.165, 1.54) is 12.8 Å². The molecule has 0 bridgehead atoms. The van der Waals surface area contributed by atoms with Gasteiger partial charge in [0.05, 0.1) is 6.61 Å². The van der Waals surface area contributed by atoms with Crippen LogP contribution in [0.15, 0.2) is 0 Å². The molecule has 0 saturated carbocycles. The Bertz CT molecular complexity index is 291. The molecule has 104 valence electrons. The summed E-state index contributed by atoms with van der Waals surface area (Å²) >= 11 is 0. The highest BCUT2D eigenvalue weighted by molar-refractivity contribution is 5.77. The van der Waals surface area contributed by atoms with Crippen molar-refractivity contribution in [1.29, 1.82) is 0 Å². The molecular formula is C14H26N2O2. The first-order valence-electron chi connectivity index (χ1n) is 7.11. The number of esters is 1. The van der Waals surface area contributed by atoms with Crippen LogP contribution < -0.4 is 5.32 Å². The van der Waals surface area contributed by atoms with Crippen LogP contribution >= 0.6 is 0 Å². The fourth-order valence-electron chi connectivity index (χ4n) is 2.74. The molecule has 1 N–H and O–H groups in total. The predicted molar refractivity (Wildman–Crippen MR) is 71.4 cm³/mol. The zero-order valence-electron chi connectivity index (χ0n) is 11.9. The molecule has 2 fully saturated rings. The third kappa shape index (κ3) is 3.69. The summed E-state index contributed by atoms with van der Waals surface area (Å²) in [4.78, 5) is 13.8. The highest BCUT2D eigenvalue weighted by atomic mass is 16.5. The normalized spacial score (nSPS) is 27.5. The number of ether oxygens (including phenoxy) is 1. The van der Waals surface area contributed by atoms with Crippen LogP contribution in [-0.4, -0.2) is 48.7 Å². The van der Waals surface area contributed by atoms with Crippen LogP contribution in [0.25, 0.3) is 0 Å². The summed E-state index contributed by atoms with van der Waals surface area (Å²) in [6.45, 7) is 10.4. The molecule has 2 saturated heterocycles. The Balaban J connectivity index is 1.73. The number of likely N-dealkylation sites (tertiary alicyclic amines) is 1. The van der Waals surface area contributed by atoms with E-state index < -0.39 is 0 Å². The van der Waals surface area contributed by atoms with Crippen LogP contribution in [0.4, 0.5) is 0 Å².